The number of aromatic nitrogens is 1. The molecule has 0 aromatic carbocycles. The second kappa shape index (κ2) is 3.49. The van der Waals surface area contributed by atoms with Crippen LogP contribution in [0.15, 0.2) is 24.5 Å². The predicted molar refractivity (Wildman–Crippen MR) is 44.3 cm³/mol. The Hall–Kier alpha value is -0.890. The third-order valence-corrected chi connectivity index (χ3v) is 1.93. The van der Waals surface area contributed by atoms with Crippen LogP contribution in [0.25, 0.3) is 0 Å². The van der Waals surface area contributed by atoms with Crippen LogP contribution in [0.4, 0.5) is 0 Å². The summed E-state index contributed by atoms with van der Waals surface area (Å²) in [5.41, 5.74) is 1.09. The van der Waals surface area contributed by atoms with Crippen molar-refractivity contribution in [3.8, 4) is 0 Å². The Kier molecular flexibility index (Phi) is 2.60. The fourth-order valence-electron chi connectivity index (χ4n) is 0.924. The Morgan fingerprint density at radius 3 is 2.64 bits per heavy atom. The molecule has 0 aliphatic heterocycles. The third kappa shape index (κ3) is 2.02. The molecule has 0 saturated heterocycles. The lowest BCUT2D eigenvalue weighted by molar-refractivity contribution is 0.169. The van der Waals surface area contributed by atoms with Gasteiger partial charge in [-0.3, -0.25) is 4.98 Å². The second-order valence-corrected chi connectivity index (χ2v) is 2.82. The van der Waals surface area contributed by atoms with E-state index in [0.717, 1.165) is 5.56 Å². The van der Waals surface area contributed by atoms with E-state index < -0.39 is 0 Å². The maximum absolute atomic E-state index is 9.25. The highest BCUT2D eigenvalue weighted by atomic mass is 16.3. The summed E-state index contributed by atoms with van der Waals surface area (Å²) in [4.78, 5) is 3.98. The molecule has 2 heteroatoms. The van der Waals surface area contributed by atoms with E-state index >= 15 is 0 Å². The Balaban J connectivity index is 2.77. The topological polar surface area (TPSA) is 33.1 Å². The van der Waals surface area contributed by atoms with E-state index in [4.69, 9.17) is 0 Å². The Morgan fingerprint density at radius 1 is 1.45 bits per heavy atom. The molecule has 1 rings (SSSR count). The third-order valence-electron chi connectivity index (χ3n) is 1.93. The van der Waals surface area contributed by atoms with Crippen LogP contribution in [0.2, 0.25) is 0 Å². The van der Waals surface area contributed by atoms with E-state index in [1.54, 1.807) is 19.3 Å². The van der Waals surface area contributed by atoms with Crippen molar-refractivity contribution in [3.05, 3.63) is 30.1 Å². The number of nitrogens with zero attached hydrogens (tertiary/aromatic N) is 1. The van der Waals surface area contributed by atoms with Crippen LogP contribution in [0.3, 0.4) is 0 Å². The number of aliphatic hydroxyl groups excluding tert-OH is 1. The van der Waals surface area contributed by atoms with Crippen molar-refractivity contribution in [1.29, 1.82) is 0 Å². The van der Waals surface area contributed by atoms with Gasteiger partial charge in [0.15, 0.2) is 0 Å². The highest BCUT2D eigenvalue weighted by Crippen LogP contribution is 2.16. The van der Waals surface area contributed by atoms with Gasteiger partial charge in [0.1, 0.15) is 0 Å². The van der Waals surface area contributed by atoms with Gasteiger partial charge in [-0.2, -0.15) is 0 Å². The monoisotopic (exact) mass is 151 g/mol. The Bertz CT molecular complexity index is 208. The minimum absolute atomic E-state index is 0.170. The van der Waals surface area contributed by atoms with Crippen molar-refractivity contribution in [2.75, 3.05) is 0 Å². The van der Waals surface area contributed by atoms with E-state index in [2.05, 4.69) is 4.98 Å². The maximum atomic E-state index is 9.25. The van der Waals surface area contributed by atoms with Crippen LogP contribution >= 0.6 is 0 Å². The zero-order chi connectivity index (χ0) is 8.27. The number of aliphatic hydroxyl groups is 1. The van der Waals surface area contributed by atoms with Gasteiger partial charge in [-0.15, -0.1) is 0 Å². The van der Waals surface area contributed by atoms with Gasteiger partial charge in [0.25, 0.3) is 0 Å². The molecule has 0 saturated carbocycles. The van der Waals surface area contributed by atoms with Crippen LogP contribution in [-0.2, 0) is 0 Å². The van der Waals surface area contributed by atoms with E-state index in [1.807, 2.05) is 19.1 Å². The average Bonchev–Trinajstić information content (AvgIpc) is 2.05. The predicted octanol–water partition coefficient (Wildman–Crippen LogP) is 1.57. The van der Waals surface area contributed by atoms with Gasteiger partial charge in [-0.25, -0.2) is 0 Å². The van der Waals surface area contributed by atoms with Gasteiger partial charge < -0.3 is 5.11 Å². The molecule has 2 nitrogen and oxygen atoms in total. The normalized spacial score (nSPS) is 15.9. The van der Waals surface area contributed by atoms with E-state index in [9.17, 15) is 5.11 Å². The minimum atomic E-state index is -0.306. The second-order valence-electron chi connectivity index (χ2n) is 2.82. The van der Waals surface area contributed by atoms with Gasteiger partial charge in [-0.05, 0) is 18.6 Å². The molecule has 1 unspecified atom stereocenters. The highest BCUT2D eigenvalue weighted by Gasteiger charge is 2.10. The molecule has 0 aliphatic carbocycles. The largest absolute Gasteiger partial charge is 0.393 e. The van der Waals surface area contributed by atoms with Crippen LogP contribution in [0, 0.1) is 0 Å². The molecular formula is C9H13NO. The summed E-state index contributed by atoms with van der Waals surface area (Å²) in [7, 11) is 0. The lowest BCUT2D eigenvalue weighted by atomic mass is 9.98. The molecule has 0 spiro atoms. The van der Waals surface area contributed by atoms with Gasteiger partial charge >= 0.3 is 0 Å². The molecular weight excluding hydrogens is 138 g/mol. The van der Waals surface area contributed by atoms with E-state index in [1.165, 1.54) is 0 Å². The first kappa shape index (κ1) is 8.21. The number of hydrogen-bond acceptors (Lipinski definition) is 2. The highest BCUT2D eigenvalue weighted by molar-refractivity contribution is 5.14. The zero-order valence-corrected chi connectivity index (χ0v) is 6.86. The lowest BCUT2D eigenvalue weighted by Gasteiger charge is -2.13. The van der Waals surface area contributed by atoms with Crippen LogP contribution in [-0.4, -0.2) is 16.2 Å². The first-order valence-electron chi connectivity index (χ1n) is 3.80. The molecule has 0 fully saturated rings. The van der Waals surface area contributed by atoms with Gasteiger partial charge in [0.05, 0.1) is 6.10 Å². The first-order chi connectivity index (χ1) is 5.22. The van der Waals surface area contributed by atoms with Gasteiger partial charge in [-0.1, -0.05) is 13.0 Å². The fraction of sp³-hybridized carbons (Fsp3) is 0.444. The molecule has 60 valence electrons. The van der Waals surface area contributed by atoms with Crippen molar-refractivity contribution < 1.29 is 5.11 Å². The van der Waals surface area contributed by atoms with Crippen molar-refractivity contribution in [2.45, 2.75) is 25.9 Å². The van der Waals surface area contributed by atoms with Gasteiger partial charge in [0.2, 0.25) is 0 Å². The lowest BCUT2D eigenvalue weighted by Crippen LogP contribution is -2.10. The Labute approximate surface area is 66.9 Å². The van der Waals surface area contributed by atoms with Crippen molar-refractivity contribution in [1.82, 2.24) is 4.98 Å². The number of hydrogen-bond donors (Lipinski definition) is 1. The number of pyridine rings is 1. The van der Waals surface area contributed by atoms with E-state index in [-0.39, 0.29) is 12.0 Å². The number of rotatable bonds is 2. The van der Waals surface area contributed by atoms with Crippen molar-refractivity contribution >= 4 is 0 Å². The first-order valence-corrected chi connectivity index (χ1v) is 3.80. The Morgan fingerprint density at radius 2 is 2.18 bits per heavy atom. The summed E-state index contributed by atoms with van der Waals surface area (Å²) >= 11 is 0. The van der Waals surface area contributed by atoms with Crippen LogP contribution < -0.4 is 0 Å². The molecule has 0 radical (unpaired) electrons. The summed E-state index contributed by atoms with van der Waals surface area (Å²) in [5.74, 6) is 0.170. The maximum Gasteiger partial charge on any atom is 0.0578 e. The smallest absolute Gasteiger partial charge is 0.0578 e. The van der Waals surface area contributed by atoms with Crippen molar-refractivity contribution in [3.63, 3.8) is 0 Å². The zero-order valence-electron chi connectivity index (χ0n) is 6.86. The summed E-state index contributed by atoms with van der Waals surface area (Å²) < 4.78 is 0. The van der Waals surface area contributed by atoms with E-state index in [0.29, 0.717) is 0 Å². The minimum Gasteiger partial charge on any atom is -0.393 e. The van der Waals surface area contributed by atoms with Crippen LogP contribution in [0.5, 0.6) is 0 Å². The summed E-state index contributed by atoms with van der Waals surface area (Å²) in [5, 5.41) is 9.25. The molecule has 1 aromatic rings. The molecule has 1 aromatic heterocycles. The van der Waals surface area contributed by atoms with Gasteiger partial charge in [0, 0.05) is 18.3 Å². The van der Waals surface area contributed by atoms with Crippen molar-refractivity contribution in [2.24, 2.45) is 0 Å². The molecule has 0 aliphatic rings. The van der Waals surface area contributed by atoms with Crippen LogP contribution in [0.1, 0.15) is 25.3 Å². The average molecular weight is 151 g/mol. The quantitative estimate of drug-likeness (QED) is 0.696. The fourth-order valence-corrected chi connectivity index (χ4v) is 0.924. The molecule has 0 amide bonds. The molecule has 1 N–H and O–H groups in total. The summed E-state index contributed by atoms with van der Waals surface area (Å²) in [6.45, 7) is 3.78. The summed E-state index contributed by atoms with van der Waals surface area (Å²) in [6.07, 6.45) is 3.22. The molecule has 2 atom stereocenters. The SMILES string of the molecule is CC(c1cccnc1)[C@@H](C)O. The molecule has 1 heterocycles. The molecule has 11 heavy (non-hydrogen) atoms. The summed E-state index contributed by atoms with van der Waals surface area (Å²) in [6, 6.07) is 3.86. The molecule has 0 bridgehead atoms. The standard InChI is InChI=1S/C9H13NO/c1-7(8(2)11)9-4-3-5-10-6-9/h3-8,11H,1-2H3/t7?,8-/m1/s1.